The molecule has 4 rings (SSSR count). The Morgan fingerprint density at radius 1 is 0.912 bits per heavy atom. The van der Waals surface area contributed by atoms with Crippen molar-refractivity contribution in [2.75, 3.05) is 7.05 Å². The predicted molar refractivity (Wildman–Crippen MR) is 133 cm³/mol. The first-order valence-corrected chi connectivity index (χ1v) is 11.9. The van der Waals surface area contributed by atoms with Gasteiger partial charge in [0.15, 0.2) is 0 Å². The standard InChI is InChI=1S/C29H32N2O3/c1-21-19-20-26(32)31(21)27(28(33)30-3)22(2)34-29(23-13-7-4-8-14-23,24-15-9-5-10-16-24)25-17-11-6-12-18-25/h4-18,21-22,27H,19-20H2,1-3H3,(H,30,33)/t21?,22-,27+/m1/s1. The maximum Gasteiger partial charge on any atom is 0.245 e. The second-order valence-electron chi connectivity index (χ2n) is 8.85. The van der Waals surface area contributed by atoms with E-state index in [0.717, 1.165) is 23.1 Å². The van der Waals surface area contributed by atoms with Crippen LogP contribution >= 0.6 is 0 Å². The summed E-state index contributed by atoms with van der Waals surface area (Å²) in [6.07, 6.45) is 0.591. The summed E-state index contributed by atoms with van der Waals surface area (Å²) in [6, 6.07) is 29.4. The molecule has 0 aliphatic carbocycles. The molecule has 176 valence electrons. The van der Waals surface area contributed by atoms with E-state index >= 15 is 0 Å². The summed E-state index contributed by atoms with van der Waals surface area (Å²) in [6.45, 7) is 3.88. The summed E-state index contributed by atoms with van der Waals surface area (Å²) in [5, 5.41) is 2.76. The summed E-state index contributed by atoms with van der Waals surface area (Å²) < 4.78 is 7.04. The van der Waals surface area contributed by atoms with Gasteiger partial charge in [-0.3, -0.25) is 9.59 Å². The normalized spacial score (nSPS) is 17.9. The average Bonchev–Trinajstić information content (AvgIpc) is 3.21. The van der Waals surface area contributed by atoms with Gasteiger partial charge in [-0.2, -0.15) is 0 Å². The van der Waals surface area contributed by atoms with E-state index in [0.29, 0.717) is 6.42 Å². The topological polar surface area (TPSA) is 58.6 Å². The van der Waals surface area contributed by atoms with Crippen LogP contribution in [0.25, 0.3) is 0 Å². The van der Waals surface area contributed by atoms with Crippen LogP contribution < -0.4 is 5.32 Å². The van der Waals surface area contributed by atoms with Gasteiger partial charge in [-0.1, -0.05) is 91.0 Å². The lowest BCUT2D eigenvalue weighted by atomic mass is 9.79. The van der Waals surface area contributed by atoms with E-state index in [1.807, 2.05) is 105 Å². The van der Waals surface area contributed by atoms with Gasteiger partial charge in [0.25, 0.3) is 0 Å². The smallest absolute Gasteiger partial charge is 0.245 e. The van der Waals surface area contributed by atoms with Crippen molar-refractivity contribution in [2.24, 2.45) is 0 Å². The van der Waals surface area contributed by atoms with E-state index in [4.69, 9.17) is 4.74 Å². The van der Waals surface area contributed by atoms with E-state index in [2.05, 4.69) is 5.32 Å². The van der Waals surface area contributed by atoms with Gasteiger partial charge in [0, 0.05) is 19.5 Å². The Hall–Kier alpha value is -3.44. The van der Waals surface area contributed by atoms with E-state index < -0.39 is 17.7 Å². The molecule has 0 saturated carbocycles. The van der Waals surface area contributed by atoms with Crippen molar-refractivity contribution in [3.8, 4) is 0 Å². The molecule has 34 heavy (non-hydrogen) atoms. The number of carbonyl (C=O) groups excluding carboxylic acids is 2. The van der Waals surface area contributed by atoms with Crippen molar-refractivity contribution in [3.05, 3.63) is 108 Å². The molecular weight excluding hydrogens is 424 g/mol. The highest BCUT2D eigenvalue weighted by atomic mass is 16.5. The third kappa shape index (κ3) is 4.36. The van der Waals surface area contributed by atoms with Gasteiger partial charge in [-0.05, 0) is 37.0 Å². The number of likely N-dealkylation sites (tertiary alicyclic amines) is 1. The SMILES string of the molecule is CNC(=O)[C@H]([C@@H](C)OC(c1ccccc1)(c1ccccc1)c1ccccc1)N1C(=O)CCC1C. The van der Waals surface area contributed by atoms with Crippen molar-refractivity contribution in [3.63, 3.8) is 0 Å². The highest BCUT2D eigenvalue weighted by Crippen LogP contribution is 2.42. The van der Waals surface area contributed by atoms with Crippen molar-refractivity contribution in [1.82, 2.24) is 10.2 Å². The zero-order valence-corrected chi connectivity index (χ0v) is 20.0. The van der Waals surface area contributed by atoms with Crippen LogP contribution in [0.4, 0.5) is 0 Å². The van der Waals surface area contributed by atoms with Crippen LogP contribution in [-0.2, 0) is 19.9 Å². The van der Waals surface area contributed by atoms with Gasteiger partial charge in [0.2, 0.25) is 11.8 Å². The molecule has 5 nitrogen and oxygen atoms in total. The number of hydrogen-bond donors (Lipinski definition) is 1. The molecule has 1 fully saturated rings. The van der Waals surface area contributed by atoms with Crippen molar-refractivity contribution < 1.29 is 14.3 Å². The molecule has 0 aromatic heterocycles. The minimum absolute atomic E-state index is 0.0127. The Labute approximate surface area is 201 Å². The molecular formula is C29H32N2O3. The fraction of sp³-hybridized carbons (Fsp3) is 0.310. The minimum Gasteiger partial charge on any atom is -0.357 e. The molecule has 0 bridgehead atoms. The molecule has 0 spiro atoms. The quantitative estimate of drug-likeness (QED) is 0.508. The first-order chi connectivity index (χ1) is 16.5. The van der Waals surface area contributed by atoms with E-state index in [1.54, 1.807) is 11.9 Å². The molecule has 1 heterocycles. The lowest BCUT2D eigenvalue weighted by Gasteiger charge is -2.42. The zero-order valence-electron chi connectivity index (χ0n) is 20.0. The highest BCUT2D eigenvalue weighted by molar-refractivity contribution is 5.89. The van der Waals surface area contributed by atoms with Gasteiger partial charge in [-0.25, -0.2) is 0 Å². The number of ether oxygens (including phenoxy) is 1. The Kier molecular flexibility index (Phi) is 7.13. The number of hydrogen-bond acceptors (Lipinski definition) is 3. The van der Waals surface area contributed by atoms with Crippen LogP contribution in [0.5, 0.6) is 0 Å². The molecule has 3 aromatic carbocycles. The molecule has 5 heteroatoms. The molecule has 3 atom stereocenters. The van der Waals surface area contributed by atoms with Crippen LogP contribution in [0.2, 0.25) is 0 Å². The predicted octanol–water partition coefficient (Wildman–Crippen LogP) is 4.51. The first kappa shape index (κ1) is 23.7. The minimum atomic E-state index is -0.971. The second-order valence-corrected chi connectivity index (χ2v) is 8.85. The Morgan fingerprint density at radius 2 is 1.35 bits per heavy atom. The third-order valence-corrected chi connectivity index (χ3v) is 6.70. The maximum atomic E-state index is 13.1. The van der Waals surface area contributed by atoms with Crippen molar-refractivity contribution in [1.29, 1.82) is 0 Å². The molecule has 2 amide bonds. The molecule has 1 aliphatic rings. The lowest BCUT2D eigenvalue weighted by molar-refractivity contribution is -0.149. The summed E-state index contributed by atoms with van der Waals surface area (Å²) in [5.41, 5.74) is 1.89. The molecule has 1 saturated heterocycles. The van der Waals surface area contributed by atoms with E-state index in [1.165, 1.54) is 0 Å². The summed E-state index contributed by atoms with van der Waals surface area (Å²) in [4.78, 5) is 27.7. The third-order valence-electron chi connectivity index (χ3n) is 6.70. The zero-order chi connectivity index (χ0) is 24.1. The van der Waals surface area contributed by atoms with Gasteiger partial charge in [-0.15, -0.1) is 0 Å². The number of nitrogens with one attached hydrogen (secondary N) is 1. The first-order valence-electron chi connectivity index (χ1n) is 11.9. The average molecular weight is 457 g/mol. The molecule has 0 radical (unpaired) electrons. The van der Waals surface area contributed by atoms with Gasteiger partial charge in [0.1, 0.15) is 11.6 Å². The number of nitrogens with zero attached hydrogens (tertiary/aromatic N) is 1. The number of benzene rings is 3. The number of likely N-dealkylation sites (N-methyl/N-ethyl adjacent to an activating group) is 1. The fourth-order valence-electron chi connectivity index (χ4n) is 5.06. The lowest BCUT2D eigenvalue weighted by Crippen LogP contribution is -2.56. The Morgan fingerprint density at radius 3 is 1.71 bits per heavy atom. The van der Waals surface area contributed by atoms with Gasteiger partial charge in [0.05, 0.1) is 6.10 Å². The summed E-state index contributed by atoms with van der Waals surface area (Å²) >= 11 is 0. The largest absolute Gasteiger partial charge is 0.357 e. The van der Waals surface area contributed by atoms with E-state index in [9.17, 15) is 9.59 Å². The monoisotopic (exact) mass is 456 g/mol. The summed E-state index contributed by atoms with van der Waals surface area (Å²) in [7, 11) is 1.60. The number of carbonyl (C=O) groups is 2. The van der Waals surface area contributed by atoms with Crippen molar-refractivity contribution >= 4 is 11.8 Å². The number of rotatable bonds is 8. The van der Waals surface area contributed by atoms with Gasteiger partial charge >= 0.3 is 0 Å². The molecule has 1 N–H and O–H groups in total. The second kappa shape index (κ2) is 10.2. The Bertz CT molecular complexity index is 1010. The fourth-order valence-corrected chi connectivity index (χ4v) is 5.06. The van der Waals surface area contributed by atoms with Crippen molar-refractivity contribution in [2.45, 2.75) is 50.5 Å². The summed E-state index contributed by atoms with van der Waals surface area (Å²) in [5.74, 6) is -0.237. The maximum absolute atomic E-state index is 13.1. The van der Waals surface area contributed by atoms with Crippen LogP contribution in [0.15, 0.2) is 91.0 Å². The molecule has 1 aliphatic heterocycles. The molecule has 3 aromatic rings. The van der Waals surface area contributed by atoms with Crippen LogP contribution in [-0.4, -0.2) is 41.9 Å². The van der Waals surface area contributed by atoms with Gasteiger partial charge < -0.3 is 15.0 Å². The van der Waals surface area contributed by atoms with Crippen LogP contribution in [0, 0.1) is 0 Å². The molecule has 1 unspecified atom stereocenters. The number of amides is 2. The Balaban J connectivity index is 1.88. The van der Waals surface area contributed by atoms with Crippen LogP contribution in [0.1, 0.15) is 43.4 Å². The van der Waals surface area contributed by atoms with E-state index in [-0.39, 0.29) is 17.9 Å². The highest BCUT2D eigenvalue weighted by Gasteiger charge is 2.45. The van der Waals surface area contributed by atoms with Crippen LogP contribution in [0.3, 0.4) is 0 Å².